The zero-order valence-electron chi connectivity index (χ0n) is 16.2. The molecule has 0 heterocycles. The molecule has 0 saturated carbocycles. The maximum absolute atomic E-state index is 6.06. The predicted octanol–water partition coefficient (Wildman–Crippen LogP) is 5.64. The fraction of sp³-hybridized carbons (Fsp3) is 0.154. The highest BCUT2D eigenvalue weighted by molar-refractivity contribution is 14.1. The molecule has 1 atom stereocenters. The third-order valence-electron chi connectivity index (χ3n) is 4.16. The van der Waals surface area contributed by atoms with Crippen molar-refractivity contribution in [1.82, 2.24) is 0 Å². The Morgan fingerprint density at radius 3 is 2.21 bits per heavy atom. The fourth-order valence-electron chi connectivity index (χ4n) is 2.70. The van der Waals surface area contributed by atoms with E-state index in [2.05, 4.69) is 46.3 Å². The van der Waals surface area contributed by atoms with Gasteiger partial charge in [-0.1, -0.05) is 82.7 Å². The van der Waals surface area contributed by atoms with Crippen LogP contribution in [-0.2, 0) is 4.74 Å². The number of hydrogen-bond donors (Lipinski definition) is 0. The average molecular weight is 492 g/mol. The van der Waals surface area contributed by atoms with Crippen molar-refractivity contribution in [2.75, 3.05) is 18.1 Å². The molecule has 0 aliphatic heterocycles. The summed E-state index contributed by atoms with van der Waals surface area (Å²) in [5, 5.41) is 0. The number of alkyl halides is 1. The molecule has 3 aromatic rings. The summed E-state index contributed by atoms with van der Waals surface area (Å²) in [5.74, 6) is 13.8. The molecule has 0 amide bonds. The van der Waals surface area contributed by atoms with Crippen molar-refractivity contribution in [3.05, 3.63) is 101 Å². The second kappa shape index (κ2) is 11.3. The lowest BCUT2D eigenvalue weighted by molar-refractivity contribution is 0.107. The molecule has 3 heteroatoms. The van der Waals surface area contributed by atoms with E-state index >= 15 is 0 Å². The van der Waals surface area contributed by atoms with Crippen LogP contribution in [0.3, 0.4) is 0 Å². The van der Waals surface area contributed by atoms with Gasteiger partial charge in [-0.05, 0) is 42.5 Å². The van der Waals surface area contributed by atoms with Crippen molar-refractivity contribution in [2.24, 2.45) is 0 Å². The molecule has 0 fully saturated rings. The number of halogens is 1. The van der Waals surface area contributed by atoms with E-state index in [0.29, 0.717) is 6.61 Å². The van der Waals surface area contributed by atoms with E-state index in [1.165, 1.54) is 0 Å². The summed E-state index contributed by atoms with van der Waals surface area (Å²) in [6, 6.07) is 25.7. The van der Waals surface area contributed by atoms with Crippen molar-refractivity contribution in [3.8, 4) is 29.4 Å². The normalized spacial score (nSPS) is 10.8. The van der Waals surface area contributed by atoms with Crippen LogP contribution >= 0.6 is 22.6 Å². The van der Waals surface area contributed by atoms with Crippen LogP contribution in [-0.4, -0.2) is 18.1 Å². The van der Waals surface area contributed by atoms with Crippen molar-refractivity contribution in [2.45, 2.75) is 6.10 Å². The number of rotatable bonds is 5. The fourth-order valence-corrected chi connectivity index (χ4v) is 2.95. The minimum Gasteiger partial charge on any atom is -0.497 e. The highest BCUT2D eigenvalue weighted by Crippen LogP contribution is 2.21. The van der Waals surface area contributed by atoms with Gasteiger partial charge in [0, 0.05) is 26.7 Å². The Hall–Kier alpha value is -2.73. The molecule has 1 unspecified atom stereocenters. The van der Waals surface area contributed by atoms with Crippen molar-refractivity contribution in [3.63, 3.8) is 0 Å². The number of methoxy groups -OCH3 is 1. The molecular formula is C26H21IO2. The maximum Gasteiger partial charge on any atom is 0.145 e. The minimum absolute atomic E-state index is 0.327. The van der Waals surface area contributed by atoms with Crippen LogP contribution in [0.25, 0.3) is 0 Å². The SMILES string of the molecule is COc1ccc(C#Cc2ccccc2C(C#Cc2ccccc2)OCCI)cc1. The first-order chi connectivity index (χ1) is 14.3. The van der Waals surface area contributed by atoms with Crippen LogP contribution in [0.2, 0.25) is 0 Å². The van der Waals surface area contributed by atoms with Gasteiger partial charge >= 0.3 is 0 Å². The molecule has 29 heavy (non-hydrogen) atoms. The van der Waals surface area contributed by atoms with Gasteiger partial charge in [0.25, 0.3) is 0 Å². The van der Waals surface area contributed by atoms with Gasteiger partial charge in [0.05, 0.1) is 13.7 Å². The van der Waals surface area contributed by atoms with Gasteiger partial charge in [-0.3, -0.25) is 0 Å². The Morgan fingerprint density at radius 1 is 0.793 bits per heavy atom. The monoisotopic (exact) mass is 492 g/mol. The molecule has 3 rings (SSSR count). The van der Waals surface area contributed by atoms with E-state index in [9.17, 15) is 0 Å². The van der Waals surface area contributed by atoms with Crippen LogP contribution in [0.5, 0.6) is 5.75 Å². The largest absolute Gasteiger partial charge is 0.497 e. The first-order valence-corrected chi connectivity index (χ1v) is 10.8. The van der Waals surface area contributed by atoms with Gasteiger partial charge in [-0.25, -0.2) is 0 Å². The first kappa shape index (κ1) is 21.0. The van der Waals surface area contributed by atoms with Gasteiger partial charge in [-0.2, -0.15) is 0 Å². The third kappa shape index (κ3) is 6.39. The Kier molecular flexibility index (Phi) is 8.19. The first-order valence-electron chi connectivity index (χ1n) is 9.29. The smallest absolute Gasteiger partial charge is 0.145 e. The van der Waals surface area contributed by atoms with E-state index in [-0.39, 0.29) is 6.10 Å². The Labute approximate surface area is 186 Å². The quantitative estimate of drug-likeness (QED) is 0.261. The van der Waals surface area contributed by atoms with Crippen molar-refractivity contribution in [1.29, 1.82) is 0 Å². The summed E-state index contributed by atoms with van der Waals surface area (Å²) in [5.41, 5.74) is 3.81. The molecule has 144 valence electrons. The predicted molar refractivity (Wildman–Crippen MR) is 126 cm³/mol. The summed E-state index contributed by atoms with van der Waals surface area (Å²) in [6.45, 7) is 0.634. The summed E-state index contributed by atoms with van der Waals surface area (Å²) < 4.78 is 12.2. The van der Waals surface area contributed by atoms with E-state index in [0.717, 1.165) is 32.4 Å². The lowest BCUT2D eigenvalue weighted by Crippen LogP contribution is -2.06. The zero-order chi connectivity index (χ0) is 20.3. The minimum atomic E-state index is -0.327. The van der Waals surface area contributed by atoms with E-state index in [1.54, 1.807) is 7.11 Å². The molecule has 0 N–H and O–H groups in total. The second-order valence-electron chi connectivity index (χ2n) is 6.14. The molecular weight excluding hydrogens is 471 g/mol. The molecule has 0 bridgehead atoms. The number of hydrogen-bond acceptors (Lipinski definition) is 2. The summed E-state index contributed by atoms with van der Waals surface area (Å²) in [4.78, 5) is 0. The molecule has 0 radical (unpaired) electrons. The Balaban J connectivity index is 1.91. The molecule has 0 spiro atoms. The summed E-state index contributed by atoms with van der Waals surface area (Å²) >= 11 is 2.31. The van der Waals surface area contributed by atoms with Gasteiger partial charge < -0.3 is 9.47 Å². The molecule has 2 nitrogen and oxygen atoms in total. The lowest BCUT2D eigenvalue weighted by atomic mass is 10.0. The van der Waals surface area contributed by atoms with Gasteiger partial charge in [0.1, 0.15) is 11.9 Å². The molecule has 3 aromatic carbocycles. The Morgan fingerprint density at radius 2 is 1.48 bits per heavy atom. The van der Waals surface area contributed by atoms with Crippen LogP contribution in [0.4, 0.5) is 0 Å². The highest BCUT2D eigenvalue weighted by Gasteiger charge is 2.12. The van der Waals surface area contributed by atoms with Crippen molar-refractivity contribution < 1.29 is 9.47 Å². The van der Waals surface area contributed by atoms with Gasteiger partial charge in [0.2, 0.25) is 0 Å². The third-order valence-corrected chi connectivity index (χ3v) is 4.60. The van der Waals surface area contributed by atoms with Crippen LogP contribution in [0.1, 0.15) is 28.4 Å². The van der Waals surface area contributed by atoms with Crippen LogP contribution in [0, 0.1) is 23.7 Å². The van der Waals surface area contributed by atoms with Gasteiger partial charge in [-0.15, -0.1) is 0 Å². The molecule has 0 aliphatic rings. The van der Waals surface area contributed by atoms with Gasteiger partial charge in [0.15, 0.2) is 0 Å². The molecule has 0 aromatic heterocycles. The molecule has 0 saturated heterocycles. The van der Waals surface area contributed by atoms with Crippen molar-refractivity contribution >= 4 is 22.6 Å². The topological polar surface area (TPSA) is 18.5 Å². The average Bonchev–Trinajstić information content (AvgIpc) is 2.79. The van der Waals surface area contributed by atoms with E-state index in [4.69, 9.17) is 9.47 Å². The molecule has 0 aliphatic carbocycles. The summed E-state index contributed by atoms with van der Waals surface area (Å²) in [7, 11) is 1.66. The summed E-state index contributed by atoms with van der Waals surface area (Å²) in [6.07, 6.45) is -0.327. The Bertz CT molecular complexity index is 1040. The van der Waals surface area contributed by atoms with E-state index < -0.39 is 0 Å². The second-order valence-corrected chi connectivity index (χ2v) is 7.22. The standard InChI is InChI=1S/C26H21IO2/c1-28-24-16-12-22(13-17-24)11-15-23-9-5-6-10-25(23)26(29-20-19-27)18-14-21-7-3-2-4-8-21/h2-10,12-13,16-17,26H,19-20H2,1H3. The lowest BCUT2D eigenvalue weighted by Gasteiger charge is -2.14. The number of benzene rings is 3. The maximum atomic E-state index is 6.06. The highest BCUT2D eigenvalue weighted by atomic mass is 127. The van der Waals surface area contributed by atoms with Crippen LogP contribution in [0.15, 0.2) is 78.9 Å². The zero-order valence-corrected chi connectivity index (χ0v) is 18.3. The number of ether oxygens (including phenoxy) is 2. The van der Waals surface area contributed by atoms with E-state index in [1.807, 2.05) is 78.9 Å². The van der Waals surface area contributed by atoms with Crippen LogP contribution < -0.4 is 4.74 Å².